The fourth-order valence-corrected chi connectivity index (χ4v) is 2.91. The number of nitrogens with two attached hydrogens (primary N) is 1. The van der Waals surface area contributed by atoms with Gasteiger partial charge in [-0.1, -0.05) is 11.6 Å². The minimum atomic E-state index is 0.0230. The van der Waals surface area contributed by atoms with Crippen LogP contribution in [0.25, 0.3) is 0 Å². The summed E-state index contributed by atoms with van der Waals surface area (Å²) < 4.78 is 0.803. The molecular formula is C14H18BrClN2O. The molecule has 1 aliphatic rings. The molecule has 5 heteroatoms. The maximum atomic E-state index is 12.4. The molecule has 104 valence electrons. The van der Waals surface area contributed by atoms with Gasteiger partial charge in [-0.15, -0.1) is 0 Å². The van der Waals surface area contributed by atoms with Crippen molar-refractivity contribution in [1.82, 2.24) is 4.90 Å². The zero-order valence-corrected chi connectivity index (χ0v) is 13.2. The smallest absolute Gasteiger partial charge is 0.253 e. The summed E-state index contributed by atoms with van der Waals surface area (Å²) in [5.74, 6) is 0.0230. The van der Waals surface area contributed by atoms with Crippen molar-refractivity contribution in [1.29, 1.82) is 0 Å². The van der Waals surface area contributed by atoms with Crippen molar-refractivity contribution in [3.63, 3.8) is 0 Å². The van der Waals surface area contributed by atoms with Crippen LogP contribution in [0.3, 0.4) is 0 Å². The molecule has 2 N–H and O–H groups in total. The highest BCUT2D eigenvalue weighted by Crippen LogP contribution is 2.26. The van der Waals surface area contributed by atoms with Crippen LogP contribution in [0.4, 0.5) is 0 Å². The number of benzene rings is 1. The van der Waals surface area contributed by atoms with Crippen molar-refractivity contribution >= 4 is 33.4 Å². The third-order valence-corrected chi connectivity index (χ3v) is 5.01. The fourth-order valence-electron chi connectivity index (χ4n) is 2.49. The second-order valence-electron chi connectivity index (χ2n) is 5.11. The first-order chi connectivity index (χ1) is 8.99. The van der Waals surface area contributed by atoms with Crippen molar-refractivity contribution in [3.05, 3.63) is 33.3 Å². The highest BCUT2D eigenvalue weighted by atomic mass is 79.9. The monoisotopic (exact) mass is 344 g/mol. The summed E-state index contributed by atoms with van der Waals surface area (Å²) in [6.07, 6.45) is 3.94. The van der Waals surface area contributed by atoms with E-state index in [2.05, 4.69) is 15.9 Å². The molecule has 1 aliphatic carbocycles. The van der Waals surface area contributed by atoms with E-state index in [1.165, 1.54) is 0 Å². The largest absolute Gasteiger partial charge is 0.339 e. The normalized spacial score (nSPS) is 23.2. The number of rotatable bonds is 2. The van der Waals surface area contributed by atoms with Crippen LogP contribution in [0, 0.1) is 0 Å². The van der Waals surface area contributed by atoms with E-state index in [9.17, 15) is 4.79 Å². The van der Waals surface area contributed by atoms with Gasteiger partial charge in [0, 0.05) is 29.2 Å². The fraction of sp³-hybridized carbons (Fsp3) is 0.500. The van der Waals surface area contributed by atoms with Gasteiger partial charge in [0.15, 0.2) is 0 Å². The Balaban J connectivity index is 2.08. The van der Waals surface area contributed by atoms with Gasteiger partial charge in [0.2, 0.25) is 0 Å². The van der Waals surface area contributed by atoms with E-state index in [0.29, 0.717) is 16.6 Å². The number of carbonyl (C=O) groups excluding carboxylic acids is 1. The number of halogens is 2. The van der Waals surface area contributed by atoms with Gasteiger partial charge in [0.05, 0.1) is 5.02 Å². The molecule has 19 heavy (non-hydrogen) atoms. The van der Waals surface area contributed by atoms with Crippen LogP contribution in [-0.2, 0) is 0 Å². The van der Waals surface area contributed by atoms with Gasteiger partial charge in [-0.2, -0.15) is 0 Å². The Morgan fingerprint density at radius 2 is 2.00 bits per heavy atom. The summed E-state index contributed by atoms with van der Waals surface area (Å²) in [6.45, 7) is 0. The van der Waals surface area contributed by atoms with Gasteiger partial charge in [-0.3, -0.25) is 4.79 Å². The molecule has 2 rings (SSSR count). The molecule has 1 saturated carbocycles. The number of hydrogen-bond acceptors (Lipinski definition) is 2. The van der Waals surface area contributed by atoms with Crippen LogP contribution in [0.2, 0.25) is 5.02 Å². The van der Waals surface area contributed by atoms with Crippen LogP contribution in [0.1, 0.15) is 36.0 Å². The van der Waals surface area contributed by atoms with Crippen LogP contribution < -0.4 is 5.73 Å². The lowest BCUT2D eigenvalue weighted by atomic mass is 9.90. The zero-order chi connectivity index (χ0) is 14.0. The Labute approximate surface area is 127 Å². The first-order valence-electron chi connectivity index (χ1n) is 6.47. The van der Waals surface area contributed by atoms with Crippen molar-refractivity contribution in [2.75, 3.05) is 7.05 Å². The van der Waals surface area contributed by atoms with E-state index >= 15 is 0 Å². The molecule has 0 bridgehead atoms. The summed E-state index contributed by atoms with van der Waals surface area (Å²) in [7, 11) is 1.86. The van der Waals surface area contributed by atoms with Crippen LogP contribution in [0.15, 0.2) is 22.7 Å². The molecule has 0 atom stereocenters. The van der Waals surface area contributed by atoms with Crippen molar-refractivity contribution in [3.8, 4) is 0 Å². The molecule has 0 unspecified atom stereocenters. The summed E-state index contributed by atoms with van der Waals surface area (Å²) >= 11 is 9.36. The lowest BCUT2D eigenvalue weighted by Crippen LogP contribution is -2.41. The quantitative estimate of drug-likeness (QED) is 0.892. The highest BCUT2D eigenvalue weighted by Gasteiger charge is 2.25. The molecule has 3 nitrogen and oxygen atoms in total. The number of hydrogen-bond donors (Lipinski definition) is 1. The Hall–Kier alpha value is -0.580. The highest BCUT2D eigenvalue weighted by molar-refractivity contribution is 9.10. The topological polar surface area (TPSA) is 46.3 Å². The molecule has 0 radical (unpaired) electrons. The third-order valence-electron chi connectivity index (χ3n) is 3.78. The van der Waals surface area contributed by atoms with Gasteiger partial charge in [0.25, 0.3) is 5.91 Å². The summed E-state index contributed by atoms with van der Waals surface area (Å²) in [5, 5.41) is 0.560. The summed E-state index contributed by atoms with van der Waals surface area (Å²) in [4.78, 5) is 14.2. The van der Waals surface area contributed by atoms with Gasteiger partial charge in [-0.05, 0) is 59.8 Å². The molecule has 0 heterocycles. The molecule has 1 fully saturated rings. The van der Waals surface area contributed by atoms with Crippen LogP contribution in [0.5, 0.6) is 0 Å². The van der Waals surface area contributed by atoms with Crippen molar-refractivity contribution < 1.29 is 4.79 Å². The lowest BCUT2D eigenvalue weighted by molar-refractivity contribution is 0.0690. The zero-order valence-electron chi connectivity index (χ0n) is 10.9. The SMILES string of the molecule is CN(C(=O)c1ccc(Br)c(Cl)c1)C1CCC(N)CC1. The molecule has 0 saturated heterocycles. The lowest BCUT2D eigenvalue weighted by Gasteiger charge is -2.33. The molecule has 1 aromatic carbocycles. The second kappa shape index (κ2) is 6.25. The number of carbonyl (C=O) groups is 1. The Kier molecular flexibility index (Phi) is 4.87. The Morgan fingerprint density at radius 1 is 1.37 bits per heavy atom. The molecule has 0 aromatic heterocycles. The predicted octanol–water partition coefficient (Wildman–Crippen LogP) is 3.44. The van der Waals surface area contributed by atoms with Crippen LogP contribution >= 0.6 is 27.5 Å². The summed E-state index contributed by atoms with van der Waals surface area (Å²) in [6, 6.07) is 5.89. The molecule has 1 aromatic rings. The molecular weight excluding hydrogens is 328 g/mol. The minimum absolute atomic E-state index is 0.0230. The average molecular weight is 346 g/mol. The number of amides is 1. The van der Waals surface area contributed by atoms with E-state index in [1.807, 2.05) is 11.9 Å². The average Bonchev–Trinajstić information content (AvgIpc) is 2.41. The molecule has 0 aliphatic heterocycles. The van der Waals surface area contributed by atoms with E-state index in [1.54, 1.807) is 18.2 Å². The number of nitrogens with zero attached hydrogens (tertiary/aromatic N) is 1. The van der Waals surface area contributed by atoms with E-state index in [0.717, 1.165) is 30.2 Å². The van der Waals surface area contributed by atoms with Gasteiger partial charge >= 0.3 is 0 Å². The Bertz CT molecular complexity index is 473. The molecule has 0 spiro atoms. The predicted molar refractivity (Wildman–Crippen MR) is 81.5 cm³/mol. The van der Waals surface area contributed by atoms with Crippen molar-refractivity contribution in [2.24, 2.45) is 5.73 Å². The van der Waals surface area contributed by atoms with Crippen molar-refractivity contribution in [2.45, 2.75) is 37.8 Å². The Morgan fingerprint density at radius 3 is 2.58 bits per heavy atom. The van der Waals surface area contributed by atoms with E-state index < -0.39 is 0 Å². The minimum Gasteiger partial charge on any atom is -0.339 e. The maximum absolute atomic E-state index is 12.4. The summed E-state index contributed by atoms with van der Waals surface area (Å²) in [5.41, 5.74) is 6.52. The molecule has 1 amide bonds. The van der Waals surface area contributed by atoms with Crippen LogP contribution in [-0.4, -0.2) is 29.9 Å². The maximum Gasteiger partial charge on any atom is 0.253 e. The standard InChI is InChI=1S/C14H18BrClN2O/c1-18(11-5-3-10(17)4-6-11)14(19)9-2-7-12(15)13(16)8-9/h2,7-8,10-11H,3-6,17H2,1H3. The van der Waals surface area contributed by atoms with Gasteiger partial charge in [-0.25, -0.2) is 0 Å². The van der Waals surface area contributed by atoms with Gasteiger partial charge < -0.3 is 10.6 Å². The third kappa shape index (κ3) is 3.50. The first-order valence-corrected chi connectivity index (χ1v) is 7.64. The van der Waals surface area contributed by atoms with E-state index in [-0.39, 0.29) is 11.9 Å². The first kappa shape index (κ1) is 14.8. The second-order valence-corrected chi connectivity index (χ2v) is 6.38. The van der Waals surface area contributed by atoms with E-state index in [4.69, 9.17) is 17.3 Å². The van der Waals surface area contributed by atoms with Gasteiger partial charge in [0.1, 0.15) is 0 Å².